The summed E-state index contributed by atoms with van der Waals surface area (Å²) in [4.78, 5) is 19.5. The molecule has 2 aromatic rings. The van der Waals surface area contributed by atoms with Gasteiger partial charge in [-0.2, -0.15) is 4.98 Å². The second-order valence-corrected chi connectivity index (χ2v) is 4.40. The summed E-state index contributed by atoms with van der Waals surface area (Å²) in [5.41, 5.74) is 1.67. The Morgan fingerprint density at radius 1 is 1.38 bits per heavy atom. The molecule has 0 fully saturated rings. The first-order valence-corrected chi connectivity index (χ1v) is 6.39. The van der Waals surface area contributed by atoms with Crippen LogP contribution in [0.1, 0.15) is 16.1 Å². The molecule has 0 unspecified atom stereocenters. The van der Waals surface area contributed by atoms with Gasteiger partial charge in [0.05, 0.1) is 5.56 Å². The third-order valence-corrected chi connectivity index (χ3v) is 2.64. The third kappa shape index (κ3) is 4.04. The molecule has 0 aliphatic rings. The number of nitrogens with one attached hydrogen (secondary N) is 2. The molecule has 0 amide bonds. The summed E-state index contributed by atoms with van der Waals surface area (Å²) in [5.74, 6) is 0.120. The fourth-order valence-corrected chi connectivity index (χ4v) is 1.75. The van der Waals surface area contributed by atoms with Crippen LogP contribution in [0.25, 0.3) is 0 Å². The predicted molar refractivity (Wildman–Crippen MR) is 82.1 cm³/mol. The summed E-state index contributed by atoms with van der Waals surface area (Å²) in [6.45, 7) is 6.05. The number of carboxylic acids is 1. The first kappa shape index (κ1) is 14.5. The molecule has 6 heteroatoms. The van der Waals surface area contributed by atoms with Gasteiger partial charge in [0.15, 0.2) is 0 Å². The Morgan fingerprint density at radius 3 is 2.90 bits per heavy atom. The Morgan fingerprint density at radius 2 is 2.19 bits per heavy atom. The maximum atomic E-state index is 11.0. The molecule has 0 spiro atoms. The highest BCUT2D eigenvalue weighted by Gasteiger charge is 2.05. The van der Waals surface area contributed by atoms with Crippen LogP contribution < -0.4 is 10.6 Å². The van der Waals surface area contributed by atoms with Gasteiger partial charge in [0.2, 0.25) is 5.95 Å². The van der Waals surface area contributed by atoms with E-state index in [0.717, 1.165) is 5.69 Å². The minimum absolute atomic E-state index is 0.218. The zero-order chi connectivity index (χ0) is 15.2. The Hall–Kier alpha value is -2.89. The van der Waals surface area contributed by atoms with Crippen molar-refractivity contribution in [2.75, 3.05) is 17.2 Å². The minimum atomic E-state index is -0.967. The van der Waals surface area contributed by atoms with Gasteiger partial charge < -0.3 is 15.7 Å². The standard InChI is InChI=1S/C15H16N4O2/c1-3-7-16-15-17-10(2)8-13(19-15)18-12-6-4-5-11(9-12)14(20)21/h3-6,8-9H,1,7H2,2H3,(H,20,21)(H2,16,17,18,19). The van der Waals surface area contributed by atoms with Crippen LogP contribution in [-0.4, -0.2) is 27.6 Å². The molecule has 0 radical (unpaired) electrons. The smallest absolute Gasteiger partial charge is 0.335 e. The molecule has 1 aromatic carbocycles. The number of carbonyl (C=O) groups is 1. The van der Waals surface area contributed by atoms with Crippen LogP contribution in [0.2, 0.25) is 0 Å². The van der Waals surface area contributed by atoms with Crippen molar-refractivity contribution in [3.05, 3.63) is 54.2 Å². The van der Waals surface area contributed by atoms with Gasteiger partial charge in [-0.25, -0.2) is 9.78 Å². The molecule has 0 saturated carbocycles. The van der Waals surface area contributed by atoms with Gasteiger partial charge in [0.25, 0.3) is 0 Å². The summed E-state index contributed by atoms with van der Waals surface area (Å²) in [7, 11) is 0. The van der Waals surface area contributed by atoms with Crippen LogP contribution in [0.5, 0.6) is 0 Å². The topological polar surface area (TPSA) is 87.1 Å². The van der Waals surface area contributed by atoms with Gasteiger partial charge in [0, 0.05) is 24.0 Å². The zero-order valence-corrected chi connectivity index (χ0v) is 11.6. The number of carboxylic acid groups (broad SMARTS) is 1. The van der Waals surface area contributed by atoms with E-state index in [1.54, 1.807) is 30.3 Å². The molecule has 1 aromatic heterocycles. The molecule has 108 valence electrons. The van der Waals surface area contributed by atoms with E-state index in [9.17, 15) is 4.79 Å². The second kappa shape index (κ2) is 6.51. The van der Waals surface area contributed by atoms with Gasteiger partial charge in [0.1, 0.15) is 5.82 Å². The SMILES string of the molecule is C=CCNc1nc(C)cc(Nc2cccc(C(=O)O)c2)n1. The van der Waals surface area contributed by atoms with E-state index in [-0.39, 0.29) is 5.56 Å². The molecule has 1 heterocycles. The molecule has 0 bridgehead atoms. The number of benzene rings is 1. The number of aromatic nitrogens is 2. The van der Waals surface area contributed by atoms with Crippen LogP contribution in [-0.2, 0) is 0 Å². The number of rotatable bonds is 6. The highest BCUT2D eigenvalue weighted by atomic mass is 16.4. The van der Waals surface area contributed by atoms with Crippen LogP contribution in [0.4, 0.5) is 17.5 Å². The third-order valence-electron chi connectivity index (χ3n) is 2.64. The van der Waals surface area contributed by atoms with Crippen molar-refractivity contribution in [3.63, 3.8) is 0 Å². The monoisotopic (exact) mass is 284 g/mol. The predicted octanol–water partition coefficient (Wildman–Crippen LogP) is 2.82. The zero-order valence-electron chi connectivity index (χ0n) is 11.6. The van der Waals surface area contributed by atoms with E-state index in [1.165, 1.54) is 6.07 Å². The molecule has 21 heavy (non-hydrogen) atoms. The lowest BCUT2D eigenvalue weighted by Crippen LogP contribution is -2.06. The summed E-state index contributed by atoms with van der Waals surface area (Å²) in [6.07, 6.45) is 1.72. The van der Waals surface area contributed by atoms with Crippen LogP contribution in [0.3, 0.4) is 0 Å². The van der Waals surface area contributed by atoms with Gasteiger partial charge >= 0.3 is 5.97 Å². The lowest BCUT2D eigenvalue weighted by molar-refractivity contribution is 0.0697. The van der Waals surface area contributed by atoms with Crippen molar-refractivity contribution < 1.29 is 9.90 Å². The first-order valence-electron chi connectivity index (χ1n) is 6.39. The van der Waals surface area contributed by atoms with Gasteiger partial charge in [-0.1, -0.05) is 12.1 Å². The molecule has 2 rings (SSSR count). The van der Waals surface area contributed by atoms with E-state index in [4.69, 9.17) is 5.11 Å². The van der Waals surface area contributed by atoms with Gasteiger partial charge in [-0.3, -0.25) is 0 Å². The van der Waals surface area contributed by atoms with E-state index in [1.807, 2.05) is 6.92 Å². The second-order valence-electron chi connectivity index (χ2n) is 4.40. The number of aryl methyl sites for hydroxylation is 1. The minimum Gasteiger partial charge on any atom is -0.478 e. The van der Waals surface area contributed by atoms with E-state index >= 15 is 0 Å². The van der Waals surface area contributed by atoms with Crippen LogP contribution in [0.15, 0.2) is 43.0 Å². The summed E-state index contributed by atoms with van der Waals surface area (Å²) in [6, 6.07) is 8.33. The lowest BCUT2D eigenvalue weighted by atomic mass is 10.2. The van der Waals surface area contributed by atoms with Crippen LogP contribution in [0, 0.1) is 6.92 Å². The molecule has 0 aliphatic heterocycles. The van der Waals surface area contributed by atoms with Crippen molar-refractivity contribution in [2.24, 2.45) is 0 Å². The van der Waals surface area contributed by atoms with Crippen molar-refractivity contribution in [1.82, 2.24) is 9.97 Å². The van der Waals surface area contributed by atoms with Crippen LogP contribution >= 0.6 is 0 Å². The highest BCUT2D eigenvalue weighted by Crippen LogP contribution is 2.18. The quantitative estimate of drug-likeness (QED) is 0.707. The van der Waals surface area contributed by atoms with Crippen molar-refractivity contribution in [3.8, 4) is 0 Å². The van der Waals surface area contributed by atoms with E-state index in [2.05, 4.69) is 27.2 Å². The molecule has 0 saturated heterocycles. The molecular formula is C15H16N4O2. The summed E-state index contributed by atoms with van der Waals surface area (Å²) in [5, 5.41) is 15.1. The number of aromatic carboxylic acids is 1. The molecule has 0 atom stereocenters. The van der Waals surface area contributed by atoms with Crippen molar-refractivity contribution in [1.29, 1.82) is 0 Å². The Balaban J connectivity index is 2.22. The Labute approximate surface area is 122 Å². The normalized spacial score (nSPS) is 9.95. The summed E-state index contributed by atoms with van der Waals surface area (Å²) < 4.78 is 0. The van der Waals surface area contributed by atoms with E-state index in [0.29, 0.717) is 24.0 Å². The Bertz CT molecular complexity index is 670. The average molecular weight is 284 g/mol. The van der Waals surface area contributed by atoms with E-state index < -0.39 is 5.97 Å². The maximum Gasteiger partial charge on any atom is 0.335 e. The van der Waals surface area contributed by atoms with Gasteiger partial charge in [-0.15, -0.1) is 6.58 Å². The molecule has 6 nitrogen and oxygen atoms in total. The number of hydrogen-bond donors (Lipinski definition) is 3. The maximum absolute atomic E-state index is 11.0. The number of nitrogens with zero attached hydrogens (tertiary/aromatic N) is 2. The first-order chi connectivity index (χ1) is 10.1. The van der Waals surface area contributed by atoms with Gasteiger partial charge in [-0.05, 0) is 25.1 Å². The molecule has 0 aliphatic carbocycles. The highest BCUT2D eigenvalue weighted by molar-refractivity contribution is 5.89. The average Bonchev–Trinajstić information content (AvgIpc) is 2.45. The van der Waals surface area contributed by atoms with Crippen molar-refractivity contribution in [2.45, 2.75) is 6.92 Å². The summed E-state index contributed by atoms with van der Waals surface area (Å²) >= 11 is 0. The fraction of sp³-hybridized carbons (Fsp3) is 0.133. The van der Waals surface area contributed by atoms with Crippen molar-refractivity contribution >= 4 is 23.4 Å². The fourth-order valence-electron chi connectivity index (χ4n) is 1.75. The lowest BCUT2D eigenvalue weighted by Gasteiger charge is -2.09. The number of anilines is 3. The Kier molecular flexibility index (Phi) is 4.50. The number of hydrogen-bond acceptors (Lipinski definition) is 5. The molecule has 3 N–H and O–H groups in total. The molecular weight excluding hydrogens is 268 g/mol. The largest absolute Gasteiger partial charge is 0.478 e.